The number of allylic oxidation sites excluding steroid dienone is 3. The number of aliphatic hydroxyl groups excluding tert-OH is 1. The third kappa shape index (κ3) is 41.4. The highest BCUT2D eigenvalue weighted by Gasteiger charge is 2.26. The number of hydrogen-bond acceptors (Lipinski definition) is 7. The monoisotopic (exact) mass is 891 g/mol. The van der Waals surface area contributed by atoms with Crippen molar-refractivity contribution in [1.29, 1.82) is 0 Å². The fourth-order valence-corrected chi connectivity index (χ4v) is 7.22. The Hall–Kier alpha value is -3.08. The number of unbranched alkanes of at least 4 members (excludes halogenated alkanes) is 23. The molecule has 0 radical (unpaired) electrons. The molecule has 0 spiro atoms. The van der Waals surface area contributed by atoms with Gasteiger partial charge in [-0.05, 0) is 106 Å². The Balaban J connectivity index is 5.21. The summed E-state index contributed by atoms with van der Waals surface area (Å²) in [5.74, 6) is -0.611. The van der Waals surface area contributed by atoms with Crippen molar-refractivity contribution >= 4 is 24.0 Å². The second kappa shape index (κ2) is 39.3. The summed E-state index contributed by atoms with van der Waals surface area (Å²) in [6.45, 7) is 15.5. The van der Waals surface area contributed by atoms with Gasteiger partial charge in [0.15, 0.2) is 0 Å². The van der Waals surface area contributed by atoms with Gasteiger partial charge in [-0.15, -0.1) is 0 Å². The van der Waals surface area contributed by atoms with Crippen molar-refractivity contribution in [2.75, 3.05) is 13.1 Å². The Bertz CT molecular complexity index is 1210. The molecule has 0 bridgehead atoms. The summed E-state index contributed by atoms with van der Waals surface area (Å²) in [6, 6.07) is -1.68. The number of alkyl carbamates (subject to hydrolysis) is 2. The van der Waals surface area contributed by atoms with E-state index in [9.17, 15) is 24.3 Å². The minimum absolute atomic E-state index is 0.0202. The Morgan fingerprint density at radius 1 is 0.524 bits per heavy atom. The molecule has 0 saturated carbocycles. The molecule has 11 nitrogen and oxygen atoms in total. The van der Waals surface area contributed by atoms with Crippen LogP contribution in [0.4, 0.5) is 9.59 Å². The van der Waals surface area contributed by atoms with Crippen molar-refractivity contribution in [3.05, 3.63) is 24.3 Å². The van der Waals surface area contributed by atoms with Gasteiger partial charge in [0, 0.05) is 19.5 Å². The van der Waals surface area contributed by atoms with Gasteiger partial charge in [-0.1, -0.05) is 154 Å². The maximum Gasteiger partial charge on any atom is 0.408 e. The third-order valence-corrected chi connectivity index (χ3v) is 10.8. The second-order valence-electron chi connectivity index (χ2n) is 19.6. The van der Waals surface area contributed by atoms with Gasteiger partial charge in [0.2, 0.25) is 11.8 Å². The molecule has 0 fully saturated rings. The lowest BCUT2D eigenvalue weighted by Crippen LogP contribution is -2.54. The number of carbonyl (C=O) groups is 4. The molecule has 0 saturated heterocycles. The molecule has 0 aliphatic heterocycles. The molecule has 0 rings (SSSR count). The maximum absolute atomic E-state index is 13.6. The van der Waals surface area contributed by atoms with Crippen LogP contribution in [-0.4, -0.2) is 71.6 Å². The molecule has 63 heavy (non-hydrogen) atoms. The third-order valence-electron chi connectivity index (χ3n) is 10.8. The molecule has 3 atom stereocenters. The van der Waals surface area contributed by atoms with E-state index in [1.54, 1.807) is 47.6 Å². The van der Waals surface area contributed by atoms with Crippen LogP contribution in [0, 0.1) is 0 Å². The largest absolute Gasteiger partial charge is 0.444 e. The number of amides is 4. The van der Waals surface area contributed by atoms with Gasteiger partial charge in [0.25, 0.3) is 0 Å². The molecule has 5 N–H and O–H groups in total. The van der Waals surface area contributed by atoms with Gasteiger partial charge in [0.05, 0.1) is 12.1 Å². The predicted octanol–water partition coefficient (Wildman–Crippen LogP) is 12.8. The maximum atomic E-state index is 13.6. The Kier molecular flexibility index (Phi) is 37.4. The molecule has 0 aromatic heterocycles. The fraction of sp³-hybridized carbons (Fsp3) is 0.846. The number of aliphatic hydroxyl groups is 1. The van der Waals surface area contributed by atoms with Crippen molar-refractivity contribution in [3.8, 4) is 0 Å². The lowest BCUT2D eigenvalue weighted by atomic mass is 10.0. The molecule has 11 heteroatoms. The highest BCUT2D eigenvalue weighted by molar-refractivity contribution is 5.85. The summed E-state index contributed by atoms with van der Waals surface area (Å²) in [6.07, 6.45) is 37.9. The van der Waals surface area contributed by atoms with E-state index in [4.69, 9.17) is 9.47 Å². The number of ether oxygens (including phenoxy) is 2. The molecular weight excluding hydrogens is 793 g/mol. The minimum Gasteiger partial charge on any atom is -0.444 e. The quantitative estimate of drug-likeness (QED) is 0.0304. The summed E-state index contributed by atoms with van der Waals surface area (Å²) in [5, 5.41) is 22.6. The molecule has 0 aliphatic rings. The molecular formula is C52H98N4O7. The summed E-state index contributed by atoms with van der Waals surface area (Å²) in [5.41, 5.74) is -1.37. The van der Waals surface area contributed by atoms with Gasteiger partial charge >= 0.3 is 12.2 Å². The number of nitrogens with one attached hydrogen (secondary N) is 4. The topological polar surface area (TPSA) is 155 Å². The van der Waals surface area contributed by atoms with Crippen LogP contribution >= 0.6 is 0 Å². The number of hydrogen-bond donors (Lipinski definition) is 5. The lowest BCUT2D eigenvalue weighted by Gasteiger charge is -2.26. The summed E-state index contributed by atoms with van der Waals surface area (Å²) in [7, 11) is 0. The summed E-state index contributed by atoms with van der Waals surface area (Å²) < 4.78 is 10.7. The van der Waals surface area contributed by atoms with Crippen molar-refractivity contribution in [3.63, 3.8) is 0 Å². The Labute approximate surface area is 386 Å². The van der Waals surface area contributed by atoms with E-state index in [-0.39, 0.29) is 18.9 Å². The van der Waals surface area contributed by atoms with Crippen LogP contribution in [0.15, 0.2) is 24.3 Å². The second-order valence-corrected chi connectivity index (χ2v) is 19.6. The van der Waals surface area contributed by atoms with Crippen LogP contribution in [0.25, 0.3) is 0 Å². The minimum atomic E-state index is -1.01. The van der Waals surface area contributed by atoms with E-state index in [1.165, 1.54) is 103 Å². The molecule has 0 heterocycles. The van der Waals surface area contributed by atoms with Gasteiger partial charge in [-0.25, -0.2) is 9.59 Å². The normalized spacial score (nSPS) is 13.5. The van der Waals surface area contributed by atoms with Crippen LogP contribution in [0.5, 0.6) is 0 Å². The number of carbonyl (C=O) groups excluding carboxylic acids is 4. The molecule has 0 aliphatic carbocycles. The first kappa shape index (κ1) is 59.9. The van der Waals surface area contributed by atoms with Crippen molar-refractivity contribution in [2.24, 2.45) is 0 Å². The van der Waals surface area contributed by atoms with Crippen molar-refractivity contribution < 1.29 is 33.8 Å². The van der Waals surface area contributed by atoms with E-state index < -0.39 is 47.5 Å². The Morgan fingerprint density at radius 2 is 0.968 bits per heavy atom. The zero-order valence-corrected chi connectivity index (χ0v) is 41.9. The van der Waals surface area contributed by atoms with Gasteiger partial charge < -0.3 is 35.8 Å². The standard InChI is InChI=1S/C52H98N4O7/c1-9-11-13-15-17-19-21-23-24-26-28-30-32-34-36-41-47(58)55-45(46(57)40-35-33-31-29-27-25-22-20-18-16-14-12-10-2)43-54-48(59)44(56-50(61)63-52(6,7)8)39-37-38-42-53-49(60)62-51(3,4)5/h23-24,35,40,44-46,57H,9-22,25-34,36-39,41-43H2,1-8H3,(H,53,60)(H,54,59)(H,55,58)(H,56,61)/b24-23-,40-35+/t44?,45-,46+/m0/s1. The Morgan fingerprint density at radius 3 is 1.46 bits per heavy atom. The highest BCUT2D eigenvalue weighted by atomic mass is 16.6. The molecule has 0 aromatic rings. The first-order chi connectivity index (χ1) is 30.1. The molecule has 1 unspecified atom stereocenters. The summed E-state index contributed by atoms with van der Waals surface area (Å²) in [4.78, 5) is 51.6. The van der Waals surface area contributed by atoms with E-state index in [2.05, 4.69) is 47.3 Å². The van der Waals surface area contributed by atoms with E-state index in [0.717, 1.165) is 57.8 Å². The number of rotatable bonds is 39. The van der Waals surface area contributed by atoms with Crippen molar-refractivity contribution in [2.45, 2.75) is 271 Å². The molecule has 368 valence electrons. The molecule has 0 aromatic carbocycles. The highest BCUT2D eigenvalue weighted by Crippen LogP contribution is 2.14. The van der Waals surface area contributed by atoms with Gasteiger partial charge in [0.1, 0.15) is 17.2 Å². The van der Waals surface area contributed by atoms with Crippen LogP contribution in [0.3, 0.4) is 0 Å². The van der Waals surface area contributed by atoms with Crippen LogP contribution in [0.1, 0.15) is 242 Å². The van der Waals surface area contributed by atoms with Gasteiger partial charge in [-0.2, -0.15) is 0 Å². The van der Waals surface area contributed by atoms with Crippen LogP contribution in [0.2, 0.25) is 0 Å². The van der Waals surface area contributed by atoms with Crippen LogP contribution in [-0.2, 0) is 19.1 Å². The smallest absolute Gasteiger partial charge is 0.408 e. The van der Waals surface area contributed by atoms with Crippen molar-refractivity contribution in [1.82, 2.24) is 21.3 Å². The molecule has 4 amide bonds. The SMILES string of the molecule is CCCCCCCC/C=C\CCCCCCCC(=O)N[C@@H](CNC(=O)C(CCCCNC(=O)OC(C)(C)C)NC(=O)OC(C)(C)C)[C@H](O)/C=C/CCCCCCCCCCCCC. The zero-order chi connectivity index (χ0) is 47.0. The van der Waals surface area contributed by atoms with E-state index >= 15 is 0 Å². The fourth-order valence-electron chi connectivity index (χ4n) is 7.22. The van der Waals surface area contributed by atoms with Gasteiger partial charge in [-0.3, -0.25) is 9.59 Å². The predicted molar refractivity (Wildman–Crippen MR) is 262 cm³/mol. The van der Waals surface area contributed by atoms with E-state index in [1.807, 2.05) is 6.08 Å². The lowest BCUT2D eigenvalue weighted by molar-refractivity contribution is -0.125. The average molecular weight is 891 g/mol. The average Bonchev–Trinajstić information content (AvgIpc) is 3.20. The van der Waals surface area contributed by atoms with Crippen LogP contribution < -0.4 is 21.3 Å². The first-order valence-electron chi connectivity index (χ1n) is 25.6. The van der Waals surface area contributed by atoms with E-state index in [0.29, 0.717) is 25.8 Å². The first-order valence-corrected chi connectivity index (χ1v) is 25.6. The summed E-state index contributed by atoms with van der Waals surface area (Å²) >= 11 is 0. The zero-order valence-electron chi connectivity index (χ0n) is 41.9.